The minimum atomic E-state index is 0.213. The van der Waals surface area contributed by atoms with Crippen LogP contribution in [0.3, 0.4) is 0 Å². The van der Waals surface area contributed by atoms with Crippen molar-refractivity contribution in [2.45, 2.75) is 31.7 Å². The van der Waals surface area contributed by atoms with Crippen molar-refractivity contribution in [2.24, 2.45) is 0 Å². The van der Waals surface area contributed by atoms with Crippen molar-refractivity contribution in [1.29, 1.82) is 0 Å². The molecule has 1 aliphatic heterocycles. The molecular weight excluding hydrogens is 304 g/mol. The molecule has 1 N–H and O–H groups in total. The van der Waals surface area contributed by atoms with Gasteiger partial charge in [0.2, 0.25) is 5.91 Å². The van der Waals surface area contributed by atoms with Crippen LogP contribution in [0.25, 0.3) is 0 Å². The van der Waals surface area contributed by atoms with E-state index in [1.54, 1.807) is 0 Å². The quantitative estimate of drug-likeness (QED) is 0.926. The molecule has 0 radical (unpaired) electrons. The molecule has 1 aromatic rings. The summed E-state index contributed by atoms with van der Waals surface area (Å²) in [5, 5.41) is 3.38. The molecule has 4 heteroatoms. The van der Waals surface area contributed by atoms with Crippen LogP contribution in [0, 0.1) is 0 Å². The predicted molar refractivity (Wildman–Crippen MR) is 81.1 cm³/mol. The van der Waals surface area contributed by atoms with Crippen LogP contribution in [0.4, 0.5) is 0 Å². The van der Waals surface area contributed by atoms with Crippen molar-refractivity contribution < 1.29 is 4.79 Å². The maximum absolute atomic E-state index is 12.3. The molecule has 104 valence electrons. The lowest BCUT2D eigenvalue weighted by molar-refractivity contribution is -0.131. The molecule has 0 spiro atoms. The van der Waals surface area contributed by atoms with Gasteiger partial charge in [-0.2, -0.15) is 0 Å². The number of hydrogen-bond donors (Lipinski definition) is 1. The van der Waals surface area contributed by atoms with E-state index in [1.165, 1.54) is 0 Å². The molecular formula is C15H21BrN2O. The number of halogens is 1. The molecule has 2 rings (SSSR count). The highest BCUT2D eigenvalue weighted by molar-refractivity contribution is 9.10. The number of rotatable bonds is 3. The Bertz CT molecular complexity index is 428. The summed E-state index contributed by atoms with van der Waals surface area (Å²) >= 11 is 3.44. The SMILES string of the molecule is CN(C(=O)Cc1cccc(Br)c1)C1CCCNCC1. The first-order chi connectivity index (χ1) is 9.16. The molecule has 0 aliphatic carbocycles. The lowest BCUT2D eigenvalue weighted by Gasteiger charge is -2.27. The van der Waals surface area contributed by atoms with Crippen molar-refractivity contribution in [3.8, 4) is 0 Å². The van der Waals surface area contributed by atoms with Crippen molar-refractivity contribution in [2.75, 3.05) is 20.1 Å². The summed E-state index contributed by atoms with van der Waals surface area (Å²) in [6, 6.07) is 8.36. The summed E-state index contributed by atoms with van der Waals surface area (Å²) in [5.74, 6) is 0.213. The summed E-state index contributed by atoms with van der Waals surface area (Å²) in [6.07, 6.45) is 3.80. The fraction of sp³-hybridized carbons (Fsp3) is 0.533. The summed E-state index contributed by atoms with van der Waals surface area (Å²) < 4.78 is 1.03. The summed E-state index contributed by atoms with van der Waals surface area (Å²) in [4.78, 5) is 14.3. The maximum Gasteiger partial charge on any atom is 0.226 e. The second kappa shape index (κ2) is 7.06. The van der Waals surface area contributed by atoms with Crippen LogP contribution in [0.15, 0.2) is 28.7 Å². The second-order valence-corrected chi connectivity index (χ2v) is 6.06. The van der Waals surface area contributed by atoms with E-state index in [-0.39, 0.29) is 5.91 Å². The molecule has 1 unspecified atom stereocenters. The van der Waals surface area contributed by atoms with Gasteiger partial charge in [-0.25, -0.2) is 0 Å². The zero-order chi connectivity index (χ0) is 13.7. The fourth-order valence-corrected chi connectivity index (χ4v) is 2.98. The first-order valence-electron chi connectivity index (χ1n) is 6.87. The standard InChI is InChI=1S/C15H21BrN2O/c1-18(14-6-3-8-17-9-7-14)15(19)11-12-4-2-5-13(16)10-12/h2,4-5,10,14,17H,3,6-9,11H2,1H3. The van der Waals surface area contributed by atoms with Crippen LogP contribution in [0.1, 0.15) is 24.8 Å². The topological polar surface area (TPSA) is 32.3 Å². The van der Waals surface area contributed by atoms with Gasteiger partial charge in [-0.05, 0) is 50.0 Å². The van der Waals surface area contributed by atoms with Crippen molar-refractivity contribution >= 4 is 21.8 Å². The number of carbonyl (C=O) groups is 1. The molecule has 1 atom stereocenters. The van der Waals surface area contributed by atoms with Crippen molar-refractivity contribution in [3.63, 3.8) is 0 Å². The average Bonchev–Trinajstić information content (AvgIpc) is 2.66. The van der Waals surface area contributed by atoms with E-state index in [0.717, 1.165) is 42.4 Å². The highest BCUT2D eigenvalue weighted by Gasteiger charge is 2.20. The van der Waals surface area contributed by atoms with Crippen LogP contribution in [-0.4, -0.2) is 37.0 Å². The summed E-state index contributed by atoms with van der Waals surface area (Å²) in [5.41, 5.74) is 1.07. The van der Waals surface area contributed by atoms with Crippen molar-refractivity contribution in [1.82, 2.24) is 10.2 Å². The van der Waals surface area contributed by atoms with Gasteiger partial charge in [-0.1, -0.05) is 28.1 Å². The van der Waals surface area contributed by atoms with Gasteiger partial charge in [0.25, 0.3) is 0 Å². The van der Waals surface area contributed by atoms with Gasteiger partial charge in [0.1, 0.15) is 0 Å². The minimum absolute atomic E-state index is 0.213. The molecule has 1 fully saturated rings. The van der Waals surface area contributed by atoms with Gasteiger partial charge in [0.05, 0.1) is 6.42 Å². The second-order valence-electron chi connectivity index (χ2n) is 5.15. The first-order valence-corrected chi connectivity index (χ1v) is 7.67. The first kappa shape index (κ1) is 14.5. The van der Waals surface area contributed by atoms with Gasteiger partial charge in [0.15, 0.2) is 0 Å². The third-order valence-electron chi connectivity index (χ3n) is 3.73. The van der Waals surface area contributed by atoms with Gasteiger partial charge < -0.3 is 10.2 Å². The molecule has 0 saturated carbocycles. The third kappa shape index (κ3) is 4.32. The van der Waals surface area contributed by atoms with Gasteiger partial charge >= 0.3 is 0 Å². The number of amides is 1. The number of hydrogen-bond acceptors (Lipinski definition) is 2. The molecule has 1 saturated heterocycles. The number of likely N-dealkylation sites (N-methyl/N-ethyl adjacent to an activating group) is 1. The Balaban J connectivity index is 1.94. The zero-order valence-corrected chi connectivity index (χ0v) is 12.9. The minimum Gasteiger partial charge on any atom is -0.342 e. The highest BCUT2D eigenvalue weighted by atomic mass is 79.9. The van der Waals surface area contributed by atoms with E-state index in [9.17, 15) is 4.79 Å². The van der Waals surface area contributed by atoms with Crippen LogP contribution in [0.5, 0.6) is 0 Å². The normalized spacial score (nSPS) is 19.8. The Morgan fingerprint density at radius 3 is 3.05 bits per heavy atom. The molecule has 3 nitrogen and oxygen atoms in total. The van der Waals surface area contributed by atoms with E-state index in [4.69, 9.17) is 0 Å². The predicted octanol–water partition coefficient (Wildman–Crippen LogP) is 2.59. The van der Waals surface area contributed by atoms with Crippen molar-refractivity contribution in [3.05, 3.63) is 34.3 Å². The smallest absolute Gasteiger partial charge is 0.226 e. The van der Waals surface area contributed by atoms with E-state index < -0.39 is 0 Å². The average molecular weight is 325 g/mol. The summed E-state index contributed by atoms with van der Waals surface area (Å²) in [7, 11) is 1.94. The lowest BCUT2D eigenvalue weighted by atomic mass is 10.1. The van der Waals surface area contributed by atoms with Crippen LogP contribution in [0.2, 0.25) is 0 Å². The van der Waals surface area contributed by atoms with Gasteiger partial charge in [-0.3, -0.25) is 4.79 Å². The van der Waals surface area contributed by atoms with E-state index in [0.29, 0.717) is 12.5 Å². The molecule has 1 heterocycles. The Morgan fingerprint density at radius 1 is 1.42 bits per heavy atom. The van der Waals surface area contributed by atoms with E-state index in [2.05, 4.69) is 21.2 Å². The Labute approximate surface area is 123 Å². The fourth-order valence-electron chi connectivity index (χ4n) is 2.54. The number of carbonyl (C=O) groups excluding carboxylic acids is 1. The van der Waals surface area contributed by atoms with E-state index in [1.807, 2.05) is 36.2 Å². The molecule has 0 bridgehead atoms. The van der Waals surface area contributed by atoms with Crippen LogP contribution < -0.4 is 5.32 Å². The number of benzene rings is 1. The molecule has 1 aliphatic rings. The third-order valence-corrected chi connectivity index (χ3v) is 4.22. The zero-order valence-electron chi connectivity index (χ0n) is 11.4. The van der Waals surface area contributed by atoms with Crippen LogP contribution >= 0.6 is 15.9 Å². The summed E-state index contributed by atoms with van der Waals surface area (Å²) in [6.45, 7) is 2.09. The Kier molecular flexibility index (Phi) is 5.40. The largest absolute Gasteiger partial charge is 0.342 e. The number of nitrogens with one attached hydrogen (secondary N) is 1. The molecule has 1 aromatic carbocycles. The Hall–Kier alpha value is -0.870. The monoisotopic (exact) mass is 324 g/mol. The molecule has 1 amide bonds. The van der Waals surface area contributed by atoms with Gasteiger partial charge in [0, 0.05) is 17.6 Å². The maximum atomic E-state index is 12.3. The molecule has 0 aromatic heterocycles. The lowest BCUT2D eigenvalue weighted by Crippen LogP contribution is -2.38. The highest BCUT2D eigenvalue weighted by Crippen LogP contribution is 2.16. The number of nitrogens with zero attached hydrogens (tertiary/aromatic N) is 1. The Morgan fingerprint density at radius 2 is 2.26 bits per heavy atom. The van der Waals surface area contributed by atoms with Gasteiger partial charge in [-0.15, -0.1) is 0 Å². The van der Waals surface area contributed by atoms with E-state index >= 15 is 0 Å². The molecule has 19 heavy (non-hydrogen) atoms. The van der Waals surface area contributed by atoms with Crippen LogP contribution in [-0.2, 0) is 11.2 Å².